The van der Waals surface area contributed by atoms with Gasteiger partial charge in [-0.2, -0.15) is 0 Å². The molecule has 0 spiro atoms. The van der Waals surface area contributed by atoms with Crippen LogP contribution < -0.4 is 0 Å². The summed E-state index contributed by atoms with van der Waals surface area (Å²) in [5.74, 6) is 0. The highest BCUT2D eigenvalue weighted by Crippen LogP contribution is 2.32. The molecule has 8 heteroatoms. The summed E-state index contributed by atoms with van der Waals surface area (Å²) in [4.78, 5) is 10.3. The van der Waals surface area contributed by atoms with Crippen LogP contribution in [0.2, 0.25) is 0 Å². The highest BCUT2D eigenvalue weighted by atomic mass is 32.2. The summed E-state index contributed by atoms with van der Waals surface area (Å²) >= 11 is 0.907. The van der Waals surface area contributed by atoms with Crippen molar-refractivity contribution in [2.24, 2.45) is 0 Å². The van der Waals surface area contributed by atoms with Crippen LogP contribution in [0, 0.1) is 17.0 Å². The molecule has 0 bridgehead atoms. The van der Waals surface area contributed by atoms with Crippen molar-refractivity contribution >= 4 is 27.0 Å². The van der Waals surface area contributed by atoms with E-state index >= 15 is 0 Å². The molecular formula is C7H10N2O4S2. The molecule has 0 aromatic carbocycles. The normalized spacial score (nSPS) is 12.0. The summed E-state index contributed by atoms with van der Waals surface area (Å²) in [5, 5.41) is 10.5. The van der Waals surface area contributed by atoms with E-state index in [-0.39, 0.29) is 9.90 Å². The molecule has 0 radical (unpaired) electrons. The third-order valence-corrected chi connectivity index (χ3v) is 5.10. The van der Waals surface area contributed by atoms with Gasteiger partial charge in [0.2, 0.25) is 0 Å². The van der Waals surface area contributed by atoms with Gasteiger partial charge in [-0.05, 0) is 6.92 Å². The van der Waals surface area contributed by atoms with Gasteiger partial charge in [0.25, 0.3) is 15.7 Å². The Kier molecular flexibility index (Phi) is 3.12. The number of nitro groups is 1. The number of hydrogen-bond acceptors (Lipinski definition) is 5. The van der Waals surface area contributed by atoms with Gasteiger partial charge in [0.1, 0.15) is 4.21 Å². The standard InChI is InChI=1S/C7H10N2O4S2/c1-5-6(9(10)11)4-7(14-5)15(12,13)8(2)3/h4H,1-3H3. The second-order valence-electron chi connectivity index (χ2n) is 3.05. The van der Waals surface area contributed by atoms with Gasteiger partial charge in [0, 0.05) is 20.2 Å². The van der Waals surface area contributed by atoms with Crippen molar-refractivity contribution in [2.75, 3.05) is 14.1 Å². The van der Waals surface area contributed by atoms with E-state index in [0.29, 0.717) is 4.88 Å². The van der Waals surface area contributed by atoms with Crippen LogP contribution in [0.25, 0.3) is 0 Å². The second-order valence-corrected chi connectivity index (χ2v) is 6.69. The third kappa shape index (κ3) is 2.16. The largest absolute Gasteiger partial charge is 0.284 e. The van der Waals surface area contributed by atoms with Gasteiger partial charge in [-0.15, -0.1) is 11.3 Å². The van der Waals surface area contributed by atoms with Crippen LogP contribution in [0.3, 0.4) is 0 Å². The topological polar surface area (TPSA) is 80.5 Å². The van der Waals surface area contributed by atoms with E-state index in [2.05, 4.69) is 0 Å². The zero-order chi connectivity index (χ0) is 11.8. The summed E-state index contributed by atoms with van der Waals surface area (Å²) in [7, 11) is -0.794. The zero-order valence-corrected chi connectivity index (χ0v) is 10.1. The van der Waals surface area contributed by atoms with E-state index in [1.54, 1.807) is 0 Å². The van der Waals surface area contributed by atoms with E-state index in [1.165, 1.54) is 21.0 Å². The van der Waals surface area contributed by atoms with Gasteiger partial charge in [-0.1, -0.05) is 0 Å². The fourth-order valence-electron chi connectivity index (χ4n) is 0.934. The molecule has 0 saturated carbocycles. The van der Waals surface area contributed by atoms with Gasteiger partial charge < -0.3 is 0 Å². The fourth-order valence-corrected chi connectivity index (χ4v) is 3.51. The molecule has 0 aliphatic carbocycles. The molecule has 1 rings (SSSR count). The highest BCUT2D eigenvalue weighted by molar-refractivity contribution is 7.91. The van der Waals surface area contributed by atoms with E-state index in [4.69, 9.17) is 0 Å². The minimum absolute atomic E-state index is 0.00306. The lowest BCUT2D eigenvalue weighted by Crippen LogP contribution is -2.21. The van der Waals surface area contributed by atoms with Gasteiger partial charge in [0.15, 0.2) is 0 Å². The van der Waals surface area contributed by atoms with Crippen molar-refractivity contribution in [2.45, 2.75) is 11.1 Å². The Morgan fingerprint density at radius 3 is 2.33 bits per heavy atom. The molecule has 0 saturated heterocycles. The number of aryl methyl sites for hydroxylation is 1. The average molecular weight is 250 g/mol. The predicted octanol–water partition coefficient (Wildman–Crippen LogP) is 1.22. The third-order valence-electron chi connectivity index (χ3n) is 1.80. The van der Waals surface area contributed by atoms with Crippen molar-refractivity contribution in [3.63, 3.8) is 0 Å². The fraction of sp³-hybridized carbons (Fsp3) is 0.429. The summed E-state index contributed by atoms with van der Waals surface area (Å²) < 4.78 is 24.3. The van der Waals surface area contributed by atoms with Crippen LogP contribution >= 0.6 is 11.3 Å². The Bertz CT molecular complexity index is 489. The van der Waals surface area contributed by atoms with Crippen molar-refractivity contribution in [3.8, 4) is 0 Å². The SMILES string of the molecule is Cc1sc(S(=O)(=O)N(C)C)cc1[N+](=O)[O-]. The predicted molar refractivity (Wildman–Crippen MR) is 56.6 cm³/mol. The van der Waals surface area contributed by atoms with Gasteiger partial charge >= 0.3 is 0 Å². The molecule has 0 amide bonds. The van der Waals surface area contributed by atoms with Crippen molar-refractivity contribution < 1.29 is 13.3 Å². The van der Waals surface area contributed by atoms with E-state index in [9.17, 15) is 18.5 Å². The van der Waals surface area contributed by atoms with E-state index < -0.39 is 14.9 Å². The molecule has 84 valence electrons. The van der Waals surface area contributed by atoms with Crippen LogP contribution in [0.1, 0.15) is 4.88 Å². The molecule has 0 aliphatic heterocycles. The van der Waals surface area contributed by atoms with Crippen molar-refractivity contribution in [3.05, 3.63) is 21.1 Å². The Morgan fingerprint density at radius 1 is 1.47 bits per heavy atom. The molecule has 0 N–H and O–H groups in total. The molecule has 6 nitrogen and oxygen atoms in total. The Hall–Kier alpha value is -0.990. The first-order chi connectivity index (χ1) is 6.76. The molecule has 0 aliphatic rings. The number of rotatable bonds is 3. The van der Waals surface area contributed by atoms with Crippen molar-refractivity contribution in [1.29, 1.82) is 0 Å². The van der Waals surface area contributed by atoms with Gasteiger partial charge in [0.05, 0.1) is 9.80 Å². The summed E-state index contributed by atoms with van der Waals surface area (Å²) in [6.07, 6.45) is 0. The number of sulfonamides is 1. The summed E-state index contributed by atoms with van der Waals surface area (Å²) in [6, 6.07) is 1.09. The maximum absolute atomic E-state index is 11.6. The molecule has 1 heterocycles. The lowest BCUT2D eigenvalue weighted by atomic mass is 10.4. The first kappa shape index (κ1) is 12.1. The van der Waals surface area contributed by atoms with Crippen LogP contribution in [-0.4, -0.2) is 31.7 Å². The number of hydrogen-bond donors (Lipinski definition) is 0. The first-order valence-corrected chi connectivity index (χ1v) is 6.20. The number of thiophene rings is 1. The minimum Gasteiger partial charge on any atom is -0.258 e. The van der Waals surface area contributed by atoms with Crippen LogP contribution in [0.4, 0.5) is 5.69 Å². The summed E-state index contributed by atoms with van der Waals surface area (Å²) in [6.45, 7) is 1.53. The molecule has 1 aromatic rings. The summed E-state index contributed by atoms with van der Waals surface area (Å²) in [5.41, 5.74) is -0.152. The Labute approximate surface area is 91.3 Å². The lowest BCUT2D eigenvalue weighted by Gasteiger charge is -2.07. The number of nitrogens with zero attached hydrogens (tertiary/aromatic N) is 2. The highest BCUT2D eigenvalue weighted by Gasteiger charge is 2.25. The Balaban J connectivity index is 3.31. The minimum atomic E-state index is -3.56. The zero-order valence-electron chi connectivity index (χ0n) is 8.42. The smallest absolute Gasteiger partial charge is 0.258 e. The molecule has 15 heavy (non-hydrogen) atoms. The monoisotopic (exact) mass is 250 g/mol. The van der Waals surface area contributed by atoms with E-state index in [1.807, 2.05) is 0 Å². The lowest BCUT2D eigenvalue weighted by molar-refractivity contribution is -0.385. The molecule has 0 unspecified atom stereocenters. The van der Waals surface area contributed by atoms with Crippen LogP contribution in [0.15, 0.2) is 10.3 Å². The van der Waals surface area contributed by atoms with Crippen LogP contribution in [0.5, 0.6) is 0 Å². The van der Waals surface area contributed by atoms with Crippen LogP contribution in [-0.2, 0) is 10.0 Å². The molecule has 1 aromatic heterocycles. The maximum atomic E-state index is 11.6. The first-order valence-electron chi connectivity index (χ1n) is 3.94. The van der Waals surface area contributed by atoms with E-state index in [0.717, 1.165) is 21.7 Å². The Morgan fingerprint density at radius 2 is 2.00 bits per heavy atom. The molecule has 0 atom stereocenters. The average Bonchev–Trinajstić information content (AvgIpc) is 2.47. The van der Waals surface area contributed by atoms with Crippen molar-refractivity contribution in [1.82, 2.24) is 4.31 Å². The van der Waals surface area contributed by atoms with Gasteiger partial charge in [-0.25, -0.2) is 12.7 Å². The molecule has 0 fully saturated rings. The molecular weight excluding hydrogens is 240 g/mol. The maximum Gasteiger partial charge on any atom is 0.284 e. The second kappa shape index (κ2) is 3.87. The quantitative estimate of drug-likeness (QED) is 0.596. The van der Waals surface area contributed by atoms with Gasteiger partial charge in [-0.3, -0.25) is 10.1 Å².